The lowest BCUT2D eigenvalue weighted by atomic mass is 9.83. The predicted molar refractivity (Wildman–Crippen MR) is 97.7 cm³/mol. The largest absolute Gasteiger partial charge is 0.340 e. The van der Waals surface area contributed by atoms with Crippen LogP contribution in [0.25, 0.3) is 0 Å². The molecule has 4 nitrogen and oxygen atoms in total. The molecule has 0 saturated carbocycles. The van der Waals surface area contributed by atoms with E-state index in [-0.39, 0.29) is 17.8 Å². The normalized spacial score (nSPS) is 26.1. The molecule has 2 heterocycles. The molecule has 1 aromatic rings. The number of benzene rings is 1. The summed E-state index contributed by atoms with van der Waals surface area (Å²) < 4.78 is 13.3. The topological polar surface area (TPSA) is 26.8 Å². The minimum Gasteiger partial charge on any atom is -0.340 e. The van der Waals surface area contributed by atoms with E-state index in [1.807, 2.05) is 20.0 Å². The van der Waals surface area contributed by atoms with Crippen molar-refractivity contribution in [3.63, 3.8) is 0 Å². The number of fused-ring (bicyclic) bond motifs is 1. The van der Waals surface area contributed by atoms with E-state index in [1.165, 1.54) is 31.5 Å². The average Bonchev–Trinajstić information content (AvgIpc) is 2.60. The Labute approximate surface area is 150 Å². The second kappa shape index (κ2) is 7.83. The molecule has 3 unspecified atom stereocenters. The molecule has 5 heteroatoms. The lowest BCUT2D eigenvalue weighted by Gasteiger charge is -2.47. The van der Waals surface area contributed by atoms with Gasteiger partial charge in [-0.25, -0.2) is 4.39 Å². The van der Waals surface area contributed by atoms with Gasteiger partial charge < -0.3 is 9.80 Å². The molecule has 0 N–H and O–H groups in total. The minimum atomic E-state index is -0.255. The Bertz CT molecular complexity index is 608. The lowest BCUT2D eigenvalue weighted by Crippen LogP contribution is -2.56. The molecular weight excluding hydrogens is 317 g/mol. The summed E-state index contributed by atoms with van der Waals surface area (Å²) in [5.41, 5.74) is 0.829. The number of piperidine rings is 2. The number of hydrogen-bond donors (Lipinski definition) is 0. The first-order chi connectivity index (χ1) is 12.0. The van der Waals surface area contributed by atoms with Crippen LogP contribution < -0.4 is 0 Å². The van der Waals surface area contributed by atoms with E-state index in [9.17, 15) is 9.18 Å². The Morgan fingerprint density at radius 2 is 2.16 bits per heavy atom. The summed E-state index contributed by atoms with van der Waals surface area (Å²) >= 11 is 0. The van der Waals surface area contributed by atoms with Crippen LogP contribution in [-0.4, -0.2) is 66.4 Å². The van der Waals surface area contributed by atoms with Crippen LogP contribution in [0.1, 0.15) is 31.7 Å². The zero-order valence-electron chi connectivity index (χ0n) is 15.6. The zero-order chi connectivity index (χ0) is 18.0. The molecule has 2 aliphatic heterocycles. The van der Waals surface area contributed by atoms with Crippen molar-refractivity contribution in [3.8, 4) is 0 Å². The molecule has 1 aromatic carbocycles. The van der Waals surface area contributed by atoms with Crippen LogP contribution in [0, 0.1) is 11.7 Å². The van der Waals surface area contributed by atoms with Gasteiger partial charge in [-0.1, -0.05) is 12.1 Å². The fraction of sp³-hybridized carbons (Fsp3) is 0.650. The number of carbonyl (C=O) groups is 1. The van der Waals surface area contributed by atoms with Gasteiger partial charge in [0, 0.05) is 32.7 Å². The highest BCUT2D eigenvalue weighted by molar-refractivity contribution is 5.81. The van der Waals surface area contributed by atoms with E-state index < -0.39 is 0 Å². The van der Waals surface area contributed by atoms with E-state index >= 15 is 0 Å². The average molecular weight is 347 g/mol. The summed E-state index contributed by atoms with van der Waals surface area (Å²) in [4.78, 5) is 19.4. The van der Waals surface area contributed by atoms with Crippen molar-refractivity contribution < 1.29 is 9.18 Å². The van der Waals surface area contributed by atoms with E-state index in [0.29, 0.717) is 18.5 Å². The summed E-state index contributed by atoms with van der Waals surface area (Å²) in [6.45, 7) is 5.65. The maximum absolute atomic E-state index is 13.3. The molecule has 3 atom stereocenters. The van der Waals surface area contributed by atoms with Gasteiger partial charge >= 0.3 is 0 Å². The first-order valence-corrected chi connectivity index (χ1v) is 9.39. The summed E-state index contributed by atoms with van der Waals surface area (Å²) in [6, 6.07) is 7.04. The van der Waals surface area contributed by atoms with Gasteiger partial charge in [-0.3, -0.25) is 9.69 Å². The third-order valence-corrected chi connectivity index (χ3v) is 5.97. The predicted octanol–water partition coefficient (Wildman–Crippen LogP) is 2.59. The molecule has 0 bridgehead atoms. The number of hydrogen-bond acceptors (Lipinski definition) is 3. The molecular formula is C20H30FN3O. The number of amides is 1. The van der Waals surface area contributed by atoms with Gasteiger partial charge in [0.05, 0.1) is 6.04 Å². The molecule has 138 valence electrons. The SMILES string of the molecule is CC(C(=O)N(C)Cc1cccc(F)c1)N1CCC2C(CCCN2C)C1. The van der Waals surface area contributed by atoms with Crippen LogP contribution in [0.2, 0.25) is 0 Å². The Morgan fingerprint density at radius 3 is 2.92 bits per heavy atom. The van der Waals surface area contributed by atoms with Gasteiger partial charge in [0.2, 0.25) is 5.91 Å². The number of likely N-dealkylation sites (N-methyl/N-ethyl adjacent to an activating group) is 1. The van der Waals surface area contributed by atoms with Gasteiger partial charge in [0.25, 0.3) is 0 Å². The molecule has 2 aliphatic rings. The maximum atomic E-state index is 13.3. The molecule has 25 heavy (non-hydrogen) atoms. The van der Waals surface area contributed by atoms with Crippen molar-refractivity contribution >= 4 is 5.91 Å². The van der Waals surface area contributed by atoms with Crippen molar-refractivity contribution in [2.75, 3.05) is 33.7 Å². The first-order valence-electron chi connectivity index (χ1n) is 9.39. The molecule has 3 rings (SSSR count). The molecule has 2 fully saturated rings. The molecule has 0 radical (unpaired) electrons. The lowest BCUT2D eigenvalue weighted by molar-refractivity contribution is -0.137. The van der Waals surface area contributed by atoms with Crippen molar-refractivity contribution in [2.45, 2.75) is 44.8 Å². The molecule has 0 aliphatic carbocycles. The zero-order valence-corrected chi connectivity index (χ0v) is 15.6. The highest BCUT2D eigenvalue weighted by Gasteiger charge is 2.37. The fourth-order valence-electron chi connectivity index (χ4n) is 4.49. The first kappa shape index (κ1) is 18.3. The Kier molecular flexibility index (Phi) is 5.74. The number of likely N-dealkylation sites (tertiary alicyclic amines) is 2. The number of nitrogens with zero attached hydrogens (tertiary/aromatic N) is 3. The second-order valence-corrected chi connectivity index (χ2v) is 7.73. The van der Waals surface area contributed by atoms with Gasteiger partial charge in [0.15, 0.2) is 0 Å². The van der Waals surface area contributed by atoms with E-state index in [1.54, 1.807) is 11.0 Å². The quantitative estimate of drug-likeness (QED) is 0.838. The molecule has 0 aromatic heterocycles. The van der Waals surface area contributed by atoms with Crippen LogP contribution in [0.3, 0.4) is 0 Å². The standard InChI is InChI=1S/C20H30FN3O/c1-15(20(25)23(3)13-16-6-4-8-18(21)12-16)24-11-9-19-17(14-24)7-5-10-22(19)2/h4,6,8,12,15,17,19H,5,7,9-11,13-14H2,1-3H3. The number of halogens is 1. The third-order valence-electron chi connectivity index (χ3n) is 5.97. The van der Waals surface area contributed by atoms with Crippen LogP contribution >= 0.6 is 0 Å². The smallest absolute Gasteiger partial charge is 0.239 e. The summed E-state index contributed by atoms with van der Waals surface area (Å²) in [5, 5.41) is 0. The number of carbonyl (C=O) groups excluding carboxylic acids is 1. The van der Waals surface area contributed by atoms with Gasteiger partial charge in [0.1, 0.15) is 5.82 Å². The van der Waals surface area contributed by atoms with E-state index in [4.69, 9.17) is 0 Å². The number of rotatable bonds is 4. The summed E-state index contributed by atoms with van der Waals surface area (Å²) in [5.74, 6) is 0.540. The highest BCUT2D eigenvalue weighted by atomic mass is 19.1. The van der Waals surface area contributed by atoms with Crippen LogP contribution in [0.15, 0.2) is 24.3 Å². The van der Waals surface area contributed by atoms with Gasteiger partial charge in [-0.05, 0) is 63.4 Å². The van der Waals surface area contributed by atoms with Crippen molar-refractivity contribution in [2.24, 2.45) is 5.92 Å². The molecule has 2 saturated heterocycles. The van der Waals surface area contributed by atoms with Crippen LogP contribution in [0.5, 0.6) is 0 Å². The molecule has 1 amide bonds. The van der Waals surface area contributed by atoms with Crippen molar-refractivity contribution in [1.82, 2.24) is 14.7 Å². The van der Waals surface area contributed by atoms with Crippen LogP contribution in [-0.2, 0) is 11.3 Å². The summed E-state index contributed by atoms with van der Waals surface area (Å²) in [6.07, 6.45) is 3.67. The molecule has 0 spiro atoms. The van der Waals surface area contributed by atoms with Crippen LogP contribution in [0.4, 0.5) is 4.39 Å². The van der Waals surface area contributed by atoms with Crippen molar-refractivity contribution in [1.29, 1.82) is 0 Å². The van der Waals surface area contributed by atoms with E-state index in [2.05, 4.69) is 16.8 Å². The van der Waals surface area contributed by atoms with Gasteiger partial charge in [-0.2, -0.15) is 0 Å². The summed E-state index contributed by atoms with van der Waals surface area (Å²) in [7, 11) is 4.04. The van der Waals surface area contributed by atoms with Gasteiger partial charge in [-0.15, -0.1) is 0 Å². The fourth-order valence-corrected chi connectivity index (χ4v) is 4.49. The maximum Gasteiger partial charge on any atom is 0.239 e. The monoisotopic (exact) mass is 347 g/mol. The van der Waals surface area contributed by atoms with Crippen molar-refractivity contribution in [3.05, 3.63) is 35.6 Å². The Hall–Kier alpha value is -1.46. The van der Waals surface area contributed by atoms with E-state index in [0.717, 1.165) is 25.1 Å². The minimum absolute atomic E-state index is 0.117. The Morgan fingerprint density at radius 1 is 1.36 bits per heavy atom. The highest BCUT2D eigenvalue weighted by Crippen LogP contribution is 2.30. The third kappa shape index (κ3) is 4.21. The Balaban J connectivity index is 1.58. The second-order valence-electron chi connectivity index (χ2n) is 7.73.